The van der Waals surface area contributed by atoms with Crippen LogP contribution in [0.15, 0.2) is 47.4 Å². The largest absolute Gasteiger partial charge is 0.497 e. The van der Waals surface area contributed by atoms with Crippen molar-refractivity contribution in [3.05, 3.63) is 48.3 Å². The van der Waals surface area contributed by atoms with Crippen LogP contribution in [0.1, 0.15) is 6.92 Å². The Labute approximate surface area is 157 Å². The van der Waals surface area contributed by atoms with E-state index in [1.165, 1.54) is 62.4 Å². The number of benzene rings is 2. The molecule has 2 aromatic carbocycles. The normalized spacial score (nSPS) is 11.1. The van der Waals surface area contributed by atoms with E-state index in [4.69, 9.17) is 9.47 Å². The van der Waals surface area contributed by atoms with Gasteiger partial charge in [-0.15, -0.1) is 0 Å². The molecule has 1 amide bonds. The summed E-state index contributed by atoms with van der Waals surface area (Å²) in [5.74, 6) is -0.223. The number of rotatable bonds is 8. The van der Waals surface area contributed by atoms with Gasteiger partial charge in [-0.3, -0.25) is 4.79 Å². The summed E-state index contributed by atoms with van der Waals surface area (Å²) >= 11 is 0. The molecule has 0 bridgehead atoms. The average Bonchev–Trinajstić information content (AvgIpc) is 2.64. The molecule has 2 aromatic rings. The number of anilines is 1. The first-order chi connectivity index (χ1) is 12.8. The smallest absolute Gasteiger partial charge is 0.244 e. The molecule has 0 unspecified atom stereocenters. The first-order valence-corrected chi connectivity index (χ1v) is 9.52. The number of hydrogen-bond donors (Lipinski definition) is 1. The predicted octanol–water partition coefficient (Wildman–Crippen LogP) is 2.17. The maximum atomic E-state index is 13.4. The van der Waals surface area contributed by atoms with E-state index in [-0.39, 0.29) is 29.6 Å². The van der Waals surface area contributed by atoms with Crippen molar-refractivity contribution in [1.82, 2.24) is 4.72 Å². The second-order valence-corrected chi connectivity index (χ2v) is 7.30. The summed E-state index contributed by atoms with van der Waals surface area (Å²) in [7, 11) is -1.06. The maximum Gasteiger partial charge on any atom is 0.244 e. The van der Waals surface area contributed by atoms with Crippen LogP contribution in [-0.4, -0.2) is 41.6 Å². The highest BCUT2D eigenvalue weighted by atomic mass is 32.2. The van der Waals surface area contributed by atoms with Crippen LogP contribution in [0.25, 0.3) is 0 Å². The van der Waals surface area contributed by atoms with Crippen molar-refractivity contribution in [3.63, 3.8) is 0 Å². The van der Waals surface area contributed by atoms with Crippen LogP contribution >= 0.6 is 0 Å². The average molecular weight is 396 g/mol. The van der Waals surface area contributed by atoms with Crippen molar-refractivity contribution in [3.8, 4) is 11.5 Å². The Hall–Kier alpha value is -2.65. The molecule has 2 rings (SSSR count). The summed E-state index contributed by atoms with van der Waals surface area (Å²) < 4.78 is 51.1. The number of carbonyl (C=O) groups excluding carboxylic acids is 1. The van der Waals surface area contributed by atoms with Crippen LogP contribution in [0, 0.1) is 5.82 Å². The van der Waals surface area contributed by atoms with E-state index in [1.807, 2.05) is 0 Å². The lowest BCUT2D eigenvalue weighted by Crippen LogP contribution is -2.37. The summed E-state index contributed by atoms with van der Waals surface area (Å²) in [5.41, 5.74) is 0.351. The first kappa shape index (κ1) is 20.7. The van der Waals surface area contributed by atoms with Gasteiger partial charge >= 0.3 is 0 Å². The van der Waals surface area contributed by atoms with E-state index in [2.05, 4.69) is 4.72 Å². The molecule has 0 heterocycles. The van der Waals surface area contributed by atoms with Crippen molar-refractivity contribution in [2.24, 2.45) is 0 Å². The lowest BCUT2D eigenvalue weighted by molar-refractivity contribution is -0.116. The molecule has 0 fully saturated rings. The van der Waals surface area contributed by atoms with E-state index < -0.39 is 15.8 Å². The lowest BCUT2D eigenvalue weighted by atomic mass is 10.2. The van der Waals surface area contributed by atoms with Gasteiger partial charge in [0.15, 0.2) is 0 Å². The molecule has 9 heteroatoms. The van der Waals surface area contributed by atoms with Crippen LogP contribution in [0.5, 0.6) is 11.5 Å². The minimum atomic E-state index is -3.88. The molecule has 0 radical (unpaired) electrons. The third-order valence-corrected chi connectivity index (χ3v) is 5.29. The summed E-state index contributed by atoms with van der Waals surface area (Å²) in [6, 6.07) is 9.87. The monoisotopic (exact) mass is 396 g/mol. The molecule has 7 nitrogen and oxygen atoms in total. The van der Waals surface area contributed by atoms with Crippen molar-refractivity contribution in [2.75, 3.05) is 32.2 Å². The first-order valence-electron chi connectivity index (χ1n) is 8.04. The number of amides is 1. The van der Waals surface area contributed by atoms with Crippen molar-refractivity contribution >= 4 is 21.6 Å². The molecular formula is C18H21FN2O5S. The fourth-order valence-corrected chi connectivity index (χ4v) is 3.65. The Morgan fingerprint density at radius 3 is 2.48 bits per heavy atom. The van der Waals surface area contributed by atoms with Crippen LogP contribution in [-0.2, 0) is 14.8 Å². The van der Waals surface area contributed by atoms with Crippen LogP contribution in [0.2, 0.25) is 0 Å². The number of nitrogens with zero attached hydrogens (tertiary/aromatic N) is 1. The molecule has 27 heavy (non-hydrogen) atoms. The van der Waals surface area contributed by atoms with E-state index >= 15 is 0 Å². The number of methoxy groups -OCH3 is 2. The van der Waals surface area contributed by atoms with E-state index in [0.717, 1.165) is 0 Å². The van der Waals surface area contributed by atoms with Gasteiger partial charge in [0, 0.05) is 31.8 Å². The molecule has 0 atom stereocenters. The van der Waals surface area contributed by atoms with E-state index in [0.29, 0.717) is 11.4 Å². The quantitative estimate of drug-likeness (QED) is 0.739. The number of sulfonamides is 1. The Bertz CT molecular complexity index is 918. The molecule has 0 aliphatic heterocycles. The highest BCUT2D eigenvalue weighted by molar-refractivity contribution is 7.89. The van der Waals surface area contributed by atoms with Gasteiger partial charge in [-0.25, -0.2) is 17.5 Å². The van der Waals surface area contributed by atoms with Gasteiger partial charge in [-0.2, -0.15) is 0 Å². The molecule has 0 spiro atoms. The topological polar surface area (TPSA) is 84.9 Å². The van der Waals surface area contributed by atoms with Gasteiger partial charge in [0.1, 0.15) is 22.2 Å². The number of nitrogens with one attached hydrogen (secondary N) is 1. The van der Waals surface area contributed by atoms with Gasteiger partial charge in [-0.05, 0) is 30.3 Å². The fraction of sp³-hybridized carbons (Fsp3) is 0.278. The Morgan fingerprint density at radius 2 is 1.89 bits per heavy atom. The zero-order valence-corrected chi connectivity index (χ0v) is 16.0. The van der Waals surface area contributed by atoms with Crippen LogP contribution < -0.4 is 19.1 Å². The van der Waals surface area contributed by atoms with Crippen LogP contribution in [0.4, 0.5) is 10.1 Å². The third-order valence-electron chi connectivity index (χ3n) is 3.79. The summed E-state index contributed by atoms with van der Waals surface area (Å²) in [4.78, 5) is 13.1. The van der Waals surface area contributed by atoms with Gasteiger partial charge in [-0.1, -0.05) is 6.07 Å². The number of hydrogen-bond acceptors (Lipinski definition) is 5. The van der Waals surface area contributed by atoms with Crippen molar-refractivity contribution < 1.29 is 27.1 Å². The molecule has 0 aliphatic carbocycles. The molecule has 146 valence electrons. The van der Waals surface area contributed by atoms with Gasteiger partial charge in [0.2, 0.25) is 15.9 Å². The molecule has 0 saturated heterocycles. The zero-order chi connectivity index (χ0) is 20.0. The number of halogens is 1. The Morgan fingerprint density at radius 1 is 1.15 bits per heavy atom. The lowest BCUT2D eigenvalue weighted by Gasteiger charge is -2.21. The molecule has 0 saturated carbocycles. The molecule has 0 aliphatic rings. The molecule has 0 aromatic heterocycles. The van der Waals surface area contributed by atoms with Crippen molar-refractivity contribution in [2.45, 2.75) is 11.8 Å². The van der Waals surface area contributed by atoms with Gasteiger partial charge in [0.05, 0.1) is 14.2 Å². The molecule has 1 N–H and O–H groups in total. The SMILES string of the molecule is COc1ccc(S(=O)(=O)NCCN(C(C)=O)c2cccc(F)c2)c(OC)c1. The maximum absolute atomic E-state index is 13.4. The Kier molecular flexibility index (Phi) is 6.75. The van der Waals surface area contributed by atoms with Gasteiger partial charge in [0.25, 0.3) is 0 Å². The highest BCUT2D eigenvalue weighted by Crippen LogP contribution is 2.28. The number of ether oxygens (including phenoxy) is 2. The van der Waals surface area contributed by atoms with Crippen LogP contribution in [0.3, 0.4) is 0 Å². The van der Waals surface area contributed by atoms with E-state index in [1.54, 1.807) is 6.07 Å². The number of carbonyl (C=O) groups is 1. The Balaban J connectivity index is 2.13. The molecular weight excluding hydrogens is 375 g/mol. The van der Waals surface area contributed by atoms with Crippen molar-refractivity contribution in [1.29, 1.82) is 0 Å². The fourth-order valence-electron chi connectivity index (χ4n) is 2.48. The highest BCUT2D eigenvalue weighted by Gasteiger charge is 2.21. The third kappa shape index (κ3) is 5.18. The minimum Gasteiger partial charge on any atom is -0.497 e. The summed E-state index contributed by atoms with van der Waals surface area (Å²) in [5, 5.41) is 0. The summed E-state index contributed by atoms with van der Waals surface area (Å²) in [6.07, 6.45) is 0. The second-order valence-electron chi connectivity index (χ2n) is 5.57. The predicted molar refractivity (Wildman–Crippen MR) is 99.2 cm³/mol. The standard InChI is InChI=1S/C18H21FN2O5S/c1-13(22)21(15-6-4-5-14(19)11-15)10-9-20-27(23,24)18-8-7-16(25-2)12-17(18)26-3/h4-8,11-12,20H,9-10H2,1-3H3. The van der Waals surface area contributed by atoms with Gasteiger partial charge < -0.3 is 14.4 Å². The summed E-state index contributed by atoms with van der Waals surface area (Å²) in [6.45, 7) is 1.30. The minimum absolute atomic E-state index is 0.0382. The zero-order valence-electron chi connectivity index (χ0n) is 15.2. The second kappa shape index (κ2) is 8.83. The van der Waals surface area contributed by atoms with E-state index in [9.17, 15) is 17.6 Å².